The summed E-state index contributed by atoms with van der Waals surface area (Å²) in [5.41, 5.74) is 1.95. The number of likely N-dealkylation sites (tertiary alicyclic amines) is 1. The summed E-state index contributed by atoms with van der Waals surface area (Å²) in [4.78, 5) is 27.3. The van der Waals surface area contributed by atoms with E-state index >= 15 is 0 Å². The number of carboxylic acid groups (broad SMARTS) is 1. The molecule has 1 amide bonds. The number of amides is 1. The van der Waals surface area contributed by atoms with E-state index in [1.54, 1.807) is 16.2 Å². The van der Waals surface area contributed by atoms with Gasteiger partial charge < -0.3 is 10.0 Å². The van der Waals surface area contributed by atoms with Gasteiger partial charge in [-0.2, -0.15) is 0 Å². The van der Waals surface area contributed by atoms with E-state index < -0.39 is 12.0 Å². The molecule has 21 heavy (non-hydrogen) atoms. The molecule has 0 aromatic carbocycles. The number of carbonyl (C=O) groups is 2. The first kappa shape index (κ1) is 14.6. The van der Waals surface area contributed by atoms with Crippen molar-refractivity contribution >= 4 is 23.2 Å². The third-order valence-electron chi connectivity index (χ3n) is 4.59. The summed E-state index contributed by atoms with van der Waals surface area (Å²) in [5.74, 6) is -0.932. The van der Waals surface area contributed by atoms with E-state index in [9.17, 15) is 14.7 Å². The lowest BCUT2D eigenvalue weighted by molar-refractivity contribution is -0.142. The van der Waals surface area contributed by atoms with E-state index in [2.05, 4.69) is 0 Å². The van der Waals surface area contributed by atoms with Crippen LogP contribution >= 0.6 is 11.3 Å². The molecule has 1 aromatic rings. The zero-order valence-corrected chi connectivity index (χ0v) is 13.0. The SMILES string of the molecule is O=C(O)C1CCCCCN1C(=O)c1csc2c1CCCC2. The van der Waals surface area contributed by atoms with Crippen LogP contribution in [0.15, 0.2) is 5.38 Å². The number of hydrogen-bond donors (Lipinski definition) is 1. The lowest BCUT2D eigenvalue weighted by Crippen LogP contribution is -2.44. The quantitative estimate of drug-likeness (QED) is 0.913. The van der Waals surface area contributed by atoms with Gasteiger partial charge in [0.2, 0.25) is 0 Å². The Morgan fingerprint density at radius 1 is 1.14 bits per heavy atom. The van der Waals surface area contributed by atoms with E-state index in [0.717, 1.165) is 44.1 Å². The van der Waals surface area contributed by atoms with Gasteiger partial charge in [0.15, 0.2) is 0 Å². The van der Waals surface area contributed by atoms with E-state index in [0.29, 0.717) is 13.0 Å². The van der Waals surface area contributed by atoms with Crippen LogP contribution in [0.2, 0.25) is 0 Å². The smallest absolute Gasteiger partial charge is 0.326 e. The Kier molecular flexibility index (Phi) is 4.29. The van der Waals surface area contributed by atoms with Gasteiger partial charge in [0.25, 0.3) is 5.91 Å². The van der Waals surface area contributed by atoms with E-state index in [4.69, 9.17) is 0 Å². The largest absolute Gasteiger partial charge is 0.480 e. The number of nitrogens with zero attached hydrogens (tertiary/aromatic N) is 1. The van der Waals surface area contributed by atoms with Gasteiger partial charge in [-0.3, -0.25) is 4.79 Å². The molecule has 1 saturated heterocycles. The van der Waals surface area contributed by atoms with Crippen molar-refractivity contribution < 1.29 is 14.7 Å². The van der Waals surface area contributed by atoms with Gasteiger partial charge in [-0.1, -0.05) is 12.8 Å². The van der Waals surface area contributed by atoms with Crippen LogP contribution in [-0.4, -0.2) is 34.5 Å². The van der Waals surface area contributed by atoms with Crippen LogP contribution in [0.4, 0.5) is 0 Å². The summed E-state index contributed by atoms with van der Waals surface area (Å²) in [5, 5.41) is 11.4. The fourth-order valence-corrected chi connectivity index (χ4v) is 4.56. The van der Waals surface area contributed by atoms with Crippen molar-refractivity contribution in [3.8, 4) is 0 Å². The van der Waals surface area contributed by atoms with Crippen LogP contribution < -0.4 is 0 Å². The molecule has 3 rings (SSSR count). The number of rotatable bonds is 2. The van der Waals surface area contributed by atoms with Crippen molar-refractivity contribution in [2.45, 2.75) is 57.4 Å². The maximum Gasteiger partial charge on any atom is 0.326 e. The monoisotopic (exact) mass is 307 g/mol. The van der Waals surface area contributed by atoms with E-state index in [1.807, 2.05) is 5.38 Å². The number of thiophene rings is 1. The summed E-state index contributed by atoms with van der Waals surface area (Å²) in [7, 11) is 0. The van der Waals surface area contributed by atoms with Gasteiger partial charge in [-0.15, -0.1) is 11.3 Å². The number of fused-ring (bicyclic) bond motifs is 1. The average Bonchev–Trinajstić information content (AvgIpc) is 2.75. The maximum atomic E-state index is 12.9. The minimum absolute atomic E-state index is 0.0660. The van der Waals surface area contributed by atoms with Gasteiger partial charge in [-0.25, -0.2) is 4.79 Å². The molecule has 0 spiro atoms. The number of hydrogen-bond acceptors (Lipinski definition) is 3. The maximum absolute atomic E-state index is 12.9. The fraction of sp³-hybridized carbons (Fsp3) is 0.625. The molecule has 2 heterocycles. The molecule has 0 radical (unpaired) electrons. The summed E-state index contributed by atoms with van der Waals surface area (Å²) in [6, 6.07) is -0.654. The Morgan fingerprint density at radius 3 is 2.76 bits per heavy atom. The van der Waals surface area contributed by atoms with Crippen molar-refractivity contribution in [1.29, 1.82) is 0 Å². The third kappa shape index (κ3) is 2.84. The number of aliphatic carboxylic acids is 1. The van der Waals surface area contributed by atoms with Crippen LogP contribution in [0, 0.1) is 0 Å². The van der Waals surface area contributed by atoms with Crippen LogP contribution in [-0.2, 0) is 17.6 Å². The molecular weight excluding hydrogens is 286 g/mol. The Hall–Kier alpha value is -1.36. The molecule has 1 N–H and O–H groups in total. The summed E-state index contributed by atoms with van der Waals surface area (Å²) >= 11 is 1.66. The standard InChI is InChI=1S/C16H21NO3S/c18-15(12-10-21-14-8-4-3-6-11(12)14)17-9-5-1-2-7-13(17)16(19)20/h10,13H,1-9H2,(H,19,20). The van der Waals surface area contributed by atoms with Crippen LogP contribution in [0.25, 0.3) is 0 Å². The molecule has 0 bridgehead atoms. The zero-order chi connectivity index (χ0) is 14.8. The molecular formula is C16H21NO3S. The Morgan fingerprint density at radius 2 is 1.95 bits per heavy atom. The van der Waals surface area contributed by atoms with Crippen molar-refractivity contribution in [1.82, 2.24) is 4.90 Å². The normalized spacial score (nSPS) is 22.5. The molecule has 0 saturated carbocycles. The predicted octanol–water partition coefficient (Wildman–Crippen LogP) is 3.10. The van der Waals surface area contributed by atoms with Crippen molar-refractivity contribution in [3.05, 3.63) is 21.4 Å². The number of aryl methyl sites for hydroxylation is 1. The first-order valence-corrected chi connectivity index (χ1v) is 8.69. The molecule has 1 aromatic heterocycles. The second-order valence-corrected chi connectivity index (χ2v) is 6.92. The lowest BCUT2D eigenvalue weighted by Gasteiger charge is -2.27. The summed E-state index contributed by atoms with van der Waals surface area (Å²) in [6.07, 6.45) is 7.74. The highest BCUT2D eigenvalue weighted by Gasteiger charge is 2.33. The zero-order valence-electron chi connectivity index (χ0n) is 12.1. The van der Waals surface area contributed by atoms with Crippen LogP contribution in [0.3, 0.4) is 0 Å². The van der Waals surface area contributed by atoms with Crippen molar-refractivity contribution in [2.75, 3.05) is 6.54 Å². The lowest BCUT2D eigenvalue weighted by atomic mass is 9.95. The number of carboxylic acids is 1. The summed E-state index contributed by atoms with van der Waals surface area (Å²) < 4.78 is 0. The van der Waals surface area contributed by atoms with Crippen LogP contribution in [0.5, 0.6) is 0 Å². The van der Waals surface area contributed by atoms with Crippen molar-refractivity contribution in [2.24, 2.45) is 0 Å². The van der Waals surface area contributed by atoms with E-state index in [1.165, 1.54) is 16.9 Å². The van der Waals surface area contributed by atoms with Gasteiger partial charge in [0.1, 0.15) is 6.04 Å². The van der Waals surface area contributed by atoms with Gasteiger partial charge in [-0.05, 0) is 44.1 Å². The molecule has 1 aliphatic heterocycles. The highest BCUT2D eigenvalue weighted by Crippen LogP contribution is 2.32. The summed E-state index contributed by atoms with van der Waals surface area (Å²) in [6.45, 7) is 0.570. The number of carbonyl (C=O) groups excluding carboxylic acids is 1. The molecule has 1 aliphatic carbocycles. The Balaban J connectivity index is 1.88. The minimum Gasteiger partial charge on any atom is -0.480 e. The fourth-order valence-electron chi connectivity index (χ4n) is 3.44. The molecule has 4 nitrogen and oxygen atoms in total. The molecule has 2 aliphatic rings. The highest BCUT2D eigenvalue weighted by atomic mass is 32.1. The second kappa shape index (κ2) is 6.18. The first-order chi connectivity index (χ1) is 10.2. The van der Waals surface area contributed by atoms with E-state index in [-0.39, 0.29) is 5.91 Å². The molecule has 5 heteroatoms. The van der Waals surface area contributed by atoms with Gasteiger partial charge in [0.05, 0.1) is 5.56 Å². The van der Waals surface area contributed by atoms with Crippen LogP contribution in [0.1, 0.15) is 59.3 Å². The first-order valence-electron chi connectivity index (χ1n) is 7.81. The second-order valence-electron chi connectivity index (χ2n) is 5.96. The average molecular weight is 307 g/mol. The van der Waals surface area contributed by atoms with Gasteiger partial charge >= 0.3 is 5.97 Å². The topological polar surface area (TPSA) is 57.6 Å². The molecule has 1 atom stereocenters. The minimum atomic E-state index is -0.866. The molecule has 1 fully saturated rings. The van der Waals surface area contributed by atoms with Gasteiger partial charge in [0, 0.05) is 16.8 Å². The van der Waals surface area contributed by atoms with Crippen molar-refractivity contribution in [3.63, 3.8) is 0 Å². The molecule has 1 unspecified atom stereocenters. The molecule has 114 valence electrons. The highest BCUT2D eigenvalue weighted by molar-refractivity contribution is 7.10. The third-order valence-corrected chi connectivity index (χ3v) is 5.68. The Bertz CT molecular complexity index is 552. The predicted molar refractivity (Wildman–Crippen MR) is 81.9 cm³/mol. The Labute approximate surface area is 128 Å².